The number of nitrogens with zero attached hydrogens (tertiary/aromatic N) is 1. The lowest BCUT2D eigenvalue weighted by Crippen LogP contribution is -2.33. The van der Waals surface area contributed by atoms with Gasteiger partial charge in [0.15, 0.2) is 0 Å². The van der Waals surface area contributed by atoms with Crippen LogP contribution in [0.15, 0.2) is 65.6 Å². The van der Waals surface area contributed by atoms with Crippen LogP contribution in [0, 0.1) is 0 Å². The van der Waals surface area contributed by atoms with Crippen molar-refractivity contribution in [3.05, 3.63) is 60.7 Å². The van der Waals surface area contributed by atoms with Gasteiger partial charge < -0.3 is 4.90 Å². The second kappa shape index (κ2) is 6.65. The summed E-state index contributed by atoms with van der Waals surface area (Å²) < 4.78 is 32.1. The third-order valence-electron chi connectivity index (χ3n) is 4.58. The lowest BCUT2D eigenvalue weighted by Gasteiger charge is -2.29. The number of anilines is 1. The first-order chi connectivity index (χ1) is 11.9. The Bertz CT molecular complexity index is 939. The van der Waals surface area contributed by atoms with E-state index in [0.717, 1.165) is 11.1 Å². The van der Waals surface area contributed by atoms with Crippen LogP contribution in [-0.2, 0) is 14.3 Å². The monoisotopic (exact) mass is 357 g/mol. The summed E-state index contributed by atoms with van der Waals surface area (Å²) in [7, 11) is -0.117. The van der Waals surface area contributed by atoms with Crippen LogP contribution in [0.1, 0.15) is 19.8 Å². The van der Waals surface area contributed by atoms with Gasteiger partial charge in [0.1, 0.15) is 10.5 Å². The Kier molecular flexibility index (Phi) is 4.71. The quantitative estimate of drug-likeness (QED) is 0.750. The van der Waals surface area contributed by atoms with Gasteiger partial charge in [0.05, 0.1) is 0 Å². The summed E-state index contributed by atoms with van der Waals surface area (Å²) in [5.74, 6) is 0. The summed E-state index contributed by atoms with van der Waals surface area (Å²) >= 11 is 0. The van der Waals surface area contributed by atoms with Crippen LogP contribution in [0.25, 0.3) is 10.8 Å². The summed E-state index contributed by atoms with van der Waals surface area (Å²) in [5, 5.41) is 1.57. The van der Waals surface area contributed by atoms with Gasteiger partial charge in [-0.15, -0.1) is 0 Å². The van der Waals surface area contributed by atoms with Gasteiger partial charge in [0.2, 0.25) is 0 Å². The maximum atomic E-state index is 13.2. The van der Waals surface area contributed by atoms with Crippen molar-refractivity contribution in [2.45, 2.75) is 30.3 Å². The molecule has 2 aromatic carbocycles. The van der Waals surface area contributed by atoms with Crippen LogP contribution in [0.3, 0.4) is 0 Å². The van der Waals surface area contributed by atoms with Crippen molar-refractivity contribution in [3.8, 4) is 0 Å². The molecule has 0 fully saturated rings. The molecule has 0 aliphatic heterocycles. The molecule has 132 valence electrons. The van der Waals surface area contributed by atoms with E-state index in [1.165, 1.54) is 0 Å². The van der Waals surface area contributed by atoms with E-state index in [-0.39, 0.29) is 4.90 Å². The van der Waals surface area contributed by atoms with Gasteiger partial charge >= 0.3 is 0 Å². The van der Waals surface area contributed by atoms with Crippen LogP contribution in [0.2, 0.25) is 0 Å². The molecular weight excluding hydrogens is 334 g/mol. The number of hydrogen-bond donors (Lipinski definition) is 0. The Morgan fingerprint density at radius 3 is 2.44 bits per heavy atom. The van der Waals surface area contributed by atoms with Crippen molar-refractivity contribution in [3.63, 3.8) is 0 Å². The van der Waals surface area contributed by atoms with Gasteiger partial charge in [-0.3, -0.25) is 4.18 Å². The fourth-order valence-corrected chi connectivity index (χ4v) is 4.65. The van der Waals surface area contributed by atoms with E-state index in [2.05, 4.69) is 0 Å². The maximum Gasteiger partial charge on any atom is 0.298 e. The molecule has 0 spiro atoms. The summed E-state index contributed by atoms with van der Waals surface area (Å²) in [6.07, 6.45) is 8.65. The van der Waals surface area contributed by atoms with Crippen molar-refractivity contribution < 1.29 is 12.6 Å². The highest BCUT2D eigenvalue weighted by Gasteiger charge is 2.34. The highest BCUT2D eigenvalue weighted by atomic mass is 32.2. The van der Waals surface area contributed by atoms with E-state index >= 15 is 0 Å². The standard InChI is InChI=1S/C20H23NO3S/c1-4-20(14-6-5-7-15-20)24-25(22,23)18-13-9-11-16-10-8-12-17(19(16)18)21(2)3/h5-14H,4,15H2,1-3H3. The predicted octanol–water partition coefficient (Wildman–Crippen LogP) is 4.28. The molecule has 5 heteroatoms. The molecule has 25 heavy (non-hydrogen) atoms. The molecule has 4 nitrogen and oxygen atoms in total. The van der Waals surface area contributed by atoms with Crippen LogP contribution < -0.4 is 4.90 Å². The number of benzene rings is 2. The highest BCUT2D eigenvalue weighted by Crippen LogP contribution is 2.36. The molecule has 0 heterocycles. The molecule has 0 aromatic heterocycles. The van der Waals surface area contributed by atoms with Crippen LogP contribution in [-0.4, -0.2) is 28.1 Å². The Morgan fingerprint density at radius 1 is 1.12 bits per heavy atom. The molecule has 0 N–H and O–H groups in total. The molecule has 0 radical (unpaired) electrons. The number of hydrogen-bond acceptors (Lipinski definition) is 4. The van der Waals surface area contributed by atoms with Gasteiger partial charge in [0, 0.05) is 25.2 Å². The normalized spacial score (nSPS) is 20.1. The molecule has 1 aliphatic rings. The smallest absolute Gasteiger partial charge is 0.298 e. The number of rotatable bonds is 5. The second-order valence-electron chi connectivity index (χ2n) is 6.47. The minimum Gasteiger partial charge on any atom is -0.377 e. The van der Waals surface area contributed by atoms with Gasteiger partial charge in [-0.05, 0) is 30.4 Å². The zero-order chi connectivity index (χ0) is 18.1. The Morgan fingerprint density at radius 2 is 1.84 bits per heavy atom. The first-order valence-electron chi connectivity index (χ1n) is 8.38. The lowest BCUT2D eigenvalue weighted by atomic mass is 9.93. The third-order valence-corrected chi connectivity index (χ3v) is 6.01. The molecular formula is C20H23NO3S. The van der Waals surface area contributed by atoms with Crippen molar-refractivity contribution in [2.75, 3.05) is 19.0 Å². The van der Waals surface area contributed by atoms with Gasteiger partial charge in [0.25, 0.3) is 10.1 Å². The Labute approximate surface area is 149 Å². The number of fused-ring (bicyclic) bond motifs is 1. The number of allylic oxidation sites excluding steroid dienone is 2. The van der Waals surface area contributed by atoms with Crippen LogP contribution in [0.4, 0.5) is 5.69 Å². The summed E-state index contributed by atoms with van der Waals surface area (Å²) in [6.45, 7) is 1.94. The van der Waals surface area contributed by atoms with E-state index in [4.69, 9.17) is 4.18 Å². The van der Waals surface area contributed by atoms with Crippen molar-refractivity contribution in [1.82, 2.24) is 0 Å². The topological polar surface area (TPSA) is 46.6 Å². The molecule has 2 aromatic rings. The second-order valence-corrected chi connectivity index (χ2v) is 7.99. The first-order valence-corrected chi connectivity index (χ1v) is 9.78. The van der Waals surface area contributed by atoms with Crippen molar-refractivity contribution in [2.24, 2.45) is 0 Å². The summed E-state index contributed by atoms with van der Waals surface area (Å²) in [4.78, 5) is 2.13. The lowest BCUT2D eigenvalue weighted by molar-refractivity contribution is 0.126. The summed E-state index contributed by atoms with van der Waals surface area (Å²) in [5.41, 5.74) is 0.0351. The first kappa shape index (κ1) is 17.7. The molecule has 0 bridgehead atoms. The minimum atomic E-state index is -3.92. The minimum absolute atomic E-state index is 0.213. The summed E-state index contributed by atoms with van der Waals surface area (Å²) in [6, 6.07) is 11.1. The highest BCUT2D eigenvalue weighted by molar-refractivity contribution is 7.87. The van der Waals surface area contributed by atoms with Crippen LogP contribution >= 0.6 is 0 Å². The van der Waals surface area contributed by atoms with E-state index in [0.29, 0.717) is 18.2 Å². The average Bonchev–Trinajstić information content (AvgIpc) is 2.61. The Hall–Kier alpha value is -2.11. The molecule has 0 amide bonds. The largest absolute Gasteiger partial charge is 0.377 e. The average molecular weight is 357 g/mol. The van der Waals surface area contributed by atoms with E-state index in [9.17, 15) is 8.42 Å². The van der Waals surface area contributed by atoms with Gasteiger partial charge in [-0.1, -0.05) is 55.5 Å². The van der Waals surface area contributed by atoms with E-state index in [1.54, 1.807) is 12.1 Å². The van der Waals surface area contributed by atoms with Crippen LogP contribution in [0.5, 0.6) is 0 Å². The zero-order valence-corrected chi connectivity index (χ0v) is 15.6. The zero-order valence-electron chi connectivity index (χ0n) is 14.8. The van der Waals surface area contributed by atoms with Gasteiger partial charge in [-0.25, -0.2) is 0 Å². The predicted molar refractivity (Wildman–Crippen MR) is 102 cm³/mol. The Balaban J connectivity index is 2.15. The molecule has 1 aliphatic carbocycles. The fourth-order valence-electron chi connectivity index (χ4n) is 3.16. The molecule has 0 saturated carbocycles. The van der Waals surface area contributed by atoms with E-state index < -0.39 is 15.7 Å². The molecule has 0 saturated heterocycles. The van der Waals surface area contributed by atoms with Gasteiger partial charge in [-0.2, -0.15) is 8.42 Å². The SMILES string of the molecule is CCC1(OS(=O)(=O)c2cccc3cccc(N(C)C)c23)C=CC=CC1. The fraction of sp³-hybridized carbons (Fsp3) is 0.300. The van der Waals surface area contributed by atoms with E-state index in [1.807, 2.05) is 74.5 Å². The molecule has 3 rings (SSSR count). The van der Waals surface area contributed by atoms with Crippen molar-refractivity contribution >= 4 is 26.6 Å². The molecule has 1 atom stereocenters. The maximum absolute atomic E-state index is 13.2. The third kappa shape index (κ3) is 3.34. The molecule has 1 unspecified atom stereocenters. The van der Waals surface area contributed by atoms with Crippen molar-refractivity contribution in [1.29, 1.82) is 0 Å².